The van der Waals surface area contributed by atoms with E-state index in [4.69, 9.17) is 0 Å². The van der Waals surface area contributed by atoms with Crippen LogP contribution < -0.4 is 10.0 Å². The third-order valence-corrected chi connectivity index (χ3v) is 5.28. The molecule has 0 aliphatic carbocycles. The summed E-state index contributed by atoms with van der Waals surface area (Å²) in [7, 11) is 0.143. The van der Waals surface area contributed by atoms with E-state index in [0.29, 0.717) is 17.8 Å². The molecule has 0 heterocycles. The fourth-order valence-corrected chi connectivity index (χ4v) is 3.54. The molecular weight excluding hydrogens is 350 g/mol. The molecular formula is C19H25N3O3S. The van der Waals surface area contributed by atoms with Crippen molar-refractivity contribution < 1.29 is 13.2 Å². The topological polar surface area (TPSA) is 78.5 Å². The van der Waals surface area contributed by atoms with Crippen molar-refractivity contribution in [2.75, 3.05) is 31.9 Å². The number of amides is 1. The van der Waals surface area contributed by atoms with Gasteiger partial charge in [0.15, 0.2) is 0 Å². The molecule has 0 saturated heterocycles. The third-order valence-electron chi connectivity index (χ3n) is 3.90. The maximum absolute atomic E-state index is 12.5. The first-order valence-corrected chi connectivity index (χ1v) is 9.80. The number of benzene rings is 2. The van der Waals surface area contributed by atoms with Crippen LogP contribution in [0.25, 0.3) is 0 Å². The zero-order valence-corrected chi connectivity index (χ0v) is 16.4. The number of anilines is 1. The second kappa shape index (κ2) is 8.33. The normalized spacial score (nSPS) is 11.4. The van der Waals surface area contributed by atoms with Crippen LogP contribution in [-0.4, -0.2) is 46.4 Å². The maximum Gasteiger partial charge on any atom is 0.261 e. The minimum absolute atomic E-state index is 0.113. The molecule has 0 saturated carbocycles. The zero-order chi connectivity index (χ0) is 19.3. The van der Waals surface area contributed by atoms with Crippen molar-refractivity contribution in [2.45, 2.75) is 18.7 Å². The number of hydrogen-bond donors (Lipinski definition) is 2. The Balaban J connectivity index is 2.09. The number of sulfonamides is 1. The van der Waals surface area contributed by atoms with Gasteiger partial charge in [-0.2, -0.15) is 0 Å². The van der Waals surface area contributed by atoms with E-state index in [1.54, 1.807) is 6.07 Å². The van der Waals surface area contributed by atoms with Crippen molar-refractivity contribution in [1.82, 2.24) is 10.2 Å². The Morgan fingerprint density at radius 2 is 1.69 bits per heavy atom. The van der Waals surface area contributed by atoms with Gasteiger partial charge in [-0.05, 0) is 63.8 Å². The molecule has 2 aromatic carbocycles. The molecule has 0 aliphatic rings. The summed E-state index contributed by atoms with van der Waals surface area (Å²) < 4.78 is 27.7. The SMILES string of the molecule is Cc1ccc(NS(=O)(=O)c2ccc(C(=O)NCCN(C)C)cc2)c(C)c1. The Morgan fingerprint density at radius 3 is 2.27 bits per heavy atom. The summed E-state index contributed by atoms with van der Waals surface area (Å²) in [5.74, 6) is -0.224. The smallest absolute Gasteiger partial charge is 0.261 e. The molecule has 0 fully saturated rings. The maximum atomic E-state index is 12.5. The average Bonchev–Trinajstić information content (AvgIpc) is 2.57. The Bertz CT molecular complexity index is 875. The fourth-order valence-electron chi connectivity index (χ4n) is 2.41. The predicted molar refractivity (Wildman–Crippen MR) is 104 cm³/mol. The molecule has 7 heteroatoms. The Labute approximate surface area is 155 Å². The lowest BCUT2D eigenvalue weighted by Crippen LogP contribution is -2.31. The summed E-state index contributed by atoms with van der Waals surface area (Å²) in [6, 6.07) is 11.4. The molecule has 2 aromatic rings. The van der Waals surface area contributed by atoms with Crippen LogP contribution in [0.15, 0.2) is 47.4 Å². The summed E-state index contributed by atoms with van der Waals surface area (Å²) >= 11 is 0. The van der Waals surface area contributed by atoms with Crippen LogP contribution in [-0.2, 0) is 10.0 Å². The first kappa shape index (κ1) is 19.9. The van der Waals surface area contributed by atoms with Gasteiger partial charge in [-0.25, -0.2) is 8.42 Å². The van der Waals surface area contributed by atoms with Crippen molar-refractivity contribution in [3.8, 4) is 0 Å². The van der Waals surface area contributed by atoms with Crippen LogP contribution in [0.4, 0.5) is 5.69 Å². The van der Waals surface area contributed by atoms with Gasteiger partial charge in [0.2, 0.25) is 0 Å². The van der Waals surface area contributed by atoms with Crippen LogP contribution in [0.1, 0.15) is 21.5 Å². The van der Waals surface area contributed by atoms with Gasteiger partial charge in [-0.1, -0.05) is 17.7 Å². The lowest BCUT2D eigenvalue weighted by Gasteiger charge is -2.12. The van der Waals surface area contributed by atoms with Gasteiger partial charge in [0.05, 0.1) is 10.6 Å². The lowest BCUT2D eigenvalue weighted by atomic mass is 10.1. The number of rotatable bonds is 7. The summed E-state index contributed by atoms with van der Waals surface area (Å²) in [5, 5.41) is 2.80. The first-order valence-electron chi connectivity index (χ1n) is 8.32. The second-order valence-corrected chi connectivity index (χ2v) is 8.19. The van der Waals surface area contributed by atoms with E-state index in [1.807, 2.05) is 45.0 Å². The van der Waals surface area contributed by atoms with E-state index in [-0.39, 0.29) is 10.8 Å². The minimum Gasteiger partial charge on any atom is -0.351 e. The van der Waals surface area contributed by atoms with Crippen molar-refractivity contribution in [2.24, 2.45) is 0 Å². The van der Waals surface area contributed by atoms with Gasteiger partial charge >= 0.3 is 0 Å². The number of likely N-dealkylation sites (N-methyl/N-ethyl adjacent to an activating group) is 1. The highest BCUT2D eigenvalue weighted by Crippen LogP contribution is 2.21. The first-order chi connectivity index (χ1) is 12.2. The fraction of sp³-hybridized carbons (Fsp3) is 0.316. The number of aryl methyl sites for hydroxylation is 2. The molecule has 0 spiro atoms. The van der Waals surface area contributed by atoms with E-state index in [2.05, 4.69) is 10.0 Å². The molecule has 0 aromatic heterocycles. The van der Waals surface area contributed by atoms with Crippen molar-refractivity contribution in [3.63, 3.8) is 0 Å². The van der Waals surface area contributed by atoms with Crippen LogP contribution in [0, 0.1) is 13.8 Å². The van der Waals surface area contributed by atoms with Crippen molar-refractivity contribution >= 4 is 21.6 Å². The molecule has 6 nitrogen and oxygen atoms in total. The molecule has 2 N–H and O–H groups in total. The van der Waals surface area contributed by atoms with Crippen molar-refractivity contribution in [1.29, 1.82) is 0 Å². The van der Waals surface area contributed by atoms with Crippen LogP contribution in [0.2, 0.25) is 0 Å². The summed E-state index contributed by atoms with van der Waals surface area (Å²) in [5.41, 5.74) is 2.89. The molecule has 0 atom stereocenters. The molecule has 0 bridgehead atoms. The molecule has 26 heavy (non-hydrogen) atoms. The summed E-state index contributed by atoms with van der Waals surface area (Å²) in [6.07, 6.45) is 0. The Hall–Kier alpha value is -2.38. The van der Waals surface area contributed by atoms with Gasteiger partial charge in [0.25, 0.3) is 15.9 Å². The van der Waals surface area contributed by atoms with Crippen LogP contribution >= 0.6 is 0 Å². The number of carbonyl (C=O) groups is 1. The van der Waals surface area contributed by atoms with Crippen molar-refractivity contribution in [3.05, 3.63) is 59.2 Å². The standard InChI is InChI=1S/C19H25N3O3S/c1-14-5-10-18(15(2)13-14)21-26(24,25)17-8-6-16(7-9-17)19(23)20-11-12-22(3)4/h5-10,13,21H,11-12H2,1-4H3,(H,20,23). The van der Waals surface area contributed by atoms with Gasteiger partial charge in [0.1, 0.15) is 0 Å². The van der Waals surface area contributed by atoms with Gasteiger partial charge in [-0.15, -0.1) is 0 Å². The molecule has 0 aliphatic heterocycles. The number of hydrogen-bond acceptors (Lipinski definition) is 4. The zero-order valence-electron chi connectivity index (χ0n) is 15.5. The second-order valence-electron chi connectivity index (χ2n) is 6.51. The molecule has 1 amide bonds. The summed E-state index contributed by atoms with van der Waals surface area (Å²) in [4.78, 5) is 14.1. The Morgan fingerprint density at radius 1 is 1.04 bits per heavy atom. The number of nitrogens with zero attached hydrogens (tertiary/aromatic N) is 1. The highest BCUT2D eigenvalue weighted by molar-refractivity contribution is 7.92. The summed E-state index contributed by atoms with van der Waals surface area (Å²) in [6.45, 7) is 5.07. The van der Waals surface area contributed by atoms with Gasteiger partial charge < -0.3 is 10.2 Å². The monoisotopic (exact) mass is 375 g/mol. The minimum atomic E-state index is -3.71. The van der Waals surface area contributed by atoms with Crippen LogP contribution in [0.3, 0.4) is 0 Å². The predicted octanol–water partition coefficient (Wildman–Crippen LogP) is 2.40. The number of carbonyl (C=O) groups excluding carboxylic acids is 1. The molecule has 0 unspecified atom stereocenters. The van der Waals surface area contributed by atoms with E-state index >= 15 is 0 Å². The molecule has 2 rings (SSSR count). The van der Waals surface area contributed by atoms with E-state index in [0.717, 1.165) is 17.7 Å². The van der Waals surface area contributed by atoms with E-state index < -0.39 is 10.0 Å². The molecule has 140 valence electrons. The Kier molecular flexibility index (Phi) is 6.39. The van der Waals surface area contributed by atoms with Gasteiger partial charge in [0, 0.05) is 18.7 Å². The van der Waals surface area contributed by atoms with E-state index in [9.17, 15) is 13.2 Å². The highest BCUT2D eigenvalue weighted by Gasteiger charge is 2.16. The van der Waals surface area contributed by atoms with Crippen LogP contribution in [0.5, 0.6) is 0 Å². The van der Waals surface area contributed by atoms with Gasteiger partial charge in [-0.3, -0.25) is 9.52 Å². The third kappa shape index (κ3) is 5.31. The largest absolute Gasteiger partial charge is 0.351 e. The average molecular weight is 375 g/mol. The highest BCUT2D eigenvalue weighted by atomic mass is 32.2. The molecule has 0 radical (unpaired) electrons. The van der Waals surface area contributed by atoms with E-state index in [1.165, 1.54) is 24.3 Å². The quantitative estimate of drug-likeness (QED) is 0.779. The lowest BCUT2D eigenvalue weighted by molar-refractivity contribution is 0.0951. The number of nitrogens with one attached hydrogen (secondary N) is 2.